The number of carbonyl (C=O) groups excluding carboxylic acids is 1. The quantitative estimate of drug-likeness (QED) is 0.323. The number of aromatic nitrogens is 2. The van der Waals surface area contributed by atoms with Crippen LogP contribution >= 0.6 is 11.8 Å². The highest BCUT2D eigenvalue weighted by molar-refractivity contribution is 8.03. The lowest BCUT2D eigenvalue weighted by Gasteiger charge is -2.38. The Labute approximate surface area is 176 Å². The van der Waals surface area contributed by atoms with E-state index in [4.69, 9.17) is 0 Å². The Morgan fingerprint density at radius 3 is 2.43 bits per heavy atom. The van der Waals surface area contributed by atoms with Gasteiger partial charge < -0.3 is 10.0 Å². The van der Waals surface area contributed by atoms with Crippen molar-refractivity contribution in [3.05, 3.63) is 68.0 Å². The first-order chi connectivity index (χ1) is 14.2. The number of rotatable bonds is 6. The molecule has 2 unspecified atom stereocenters. The van der Waals surface area contributed by atoms with Gasteiger partial charge in [-0.1, -0.05) is 23.9 Å². The van der Waals surface area contributed by atoms with E-state index in [-0.39, 0.29) is 35.7 Å². The zero-order chi connectivity index (χ0) is 21.6. The third-order valence-electron chi connectivity index (χ3n) is 5.23. The smallest absolute Gasteiger partial charge is 0.353 e. The minimum absolute atomic E-state index is 0.00868. The maximum absolute atomic E-state index is 12.2. The SMILES string of the molecule is Cc1cc(C)nc(SC2=C(C(=O)O)N3C(=O)CC3C2Cc2ccc([N+](=O)[O-])cc2)n1. The number of carboxylic acid groups (broad SMARTS) is 1. The summed E-state index contributed by atoms with van der Waals surface area (Å²) in [4.78, 5) is 45.3. The second-order valence-corrected chi connectivity index (χ2v) is 8.33. The molecule has 2 aliphatic rings. The van der Waals surface area contributed by atoms with E-state index in [2.05, 4.69) is 9.97 Å². The van der Waals surface area contributed by atoms with Crippen LogP contribution in [-0.2, 0) is 16.0 Å². The van der Waals surface area contributed by atoms with E-state index in [0.717, 1.165) is 17.0 Å². The van der Waals surface area contributed by atoms with Gasteiger partial charge in [-0.15, -0.1) is 0 Å². The van der Waals surface area contributed by atoms with Gasteiger partial charge in [-0.3, -0.25) is 14.9 Å². The summed E-state index contributed by atoms with van der Waals surface area (Å²) >= 11 is 1.18. The predicted molar refractivity (Wildman–Crippen MR) is 108 cm³/mol. The van der Waals surface area contributed by atoms with Crippen LogP contribution in [0.25, 0.3) is 0 Å². The molecule has 0 radical (unpaired) electrons. The third-order valence-corrected chi connectivity index (χ3v) is 6.31. The molecule has 2 atom stereocenters. The van der Waals surface area contributed by atoms with Crippen molar-refractivity contribution in [3.8, 4) is 0 Å². The molecule has 30 heavy (non-hydrogen) atoms. The first-order valence-electron chi connectivity index (χ1n) is 9.27. The van der Waals surface area contributed by atoms with E-state index in [9.17, 15) is 24.8 Å². The number of nitro groups is 1. The molecule has 1 N–H and O–H groups in total. The number of aryl methyl sites for hydroxylation is 2. The molecule has 2 aliphatic heterocycles. The summed E-state index contributed by atoms with van der Waals surface area (Å²) in [6.45, 7) is 3.68. The maximum atomic E-state index is 12.2. The summed E-state index contributed by atoms with van der Waals surface area (Å²) in [6.07, 6.45) is 0.725. The fourth-order valence-corrected chi connectivity index (χ4v) is 5.18. The molecule has 1 fully saturated rings. The van der Waals surface area contributed by atoms with Crippen molar-refractivity contribution in [1.82, 2.24) is 14.9 Å². The van der Waals surface area contributed by atoms with Crippen molar-refractivity contribution in [2.75, 3.05) is 0 Å². The summed E-state index contributed by atoms with van der Waals surface area (Å²) in [6, 6.07) is 7.77. The van der Waals surface area contributed by atoms with Crippen LogP contribution in [0.3, 0.4) is 0 Å². The fourth-order valence-electron chi connectivity index (χ4n) is 3.93. The first-order valence-corrected chi connectivity index (χ1v) is 10.1. The summed E-state index contributed by atoms with van der Waals surface area (Å²) in [5.74, 6) is -1.63. The Balaban J connectivity index is 1.70. The van der Waals surface area contributed by atoms with Crippen LogP contribution in [0.5, 0.6) is 0 Å². The zero-order valence-electron chi connectivity index (χ0n) is 16.2. The van der Waals surface area contributed by atoms with Crippen LogP contribution in [0.2, 0.25) is 0 Å². The van der Waals surface area contributed by atoms with E-state index in [1.165, 1.54) is 28.8 Å². The second-order valence-electron chi connectivity index (χ2n) is 7.32. The van der Waals surface area contributed by atoms with Gasteiger partial charge in [0.25, 0.3) is 5.69 Å². The Morgan fingerprint density at radius 1 is 1.27 bits per heavy atom. The molecular formula is C20H18N4O5S. The third kappa shape index (κ3) is 3.54. The number of aliphatic carboxylic acids is 1. The van der Waals surface area contributed by atoms with Gasteiger partial charge >= 0.3 is 5.97 Å². The number of hydrogen-bond acceptors (Lipinski definition) is 7. The largest absolute Gasteiger partial charge is 0.477 e. The van der Waals surface area contributed by atoms with Crippen LogP contribution in [0.1, 0.15) is 23.4 Å². The number of benzene rings is 1. The molecule has 154 valence electrons. The molecule has 1 saturated heterocycles. The molecule has 0 spiro atoms. The molecule has 0 saturated carbocycles. The van der Waals surface area contributed by atoms with Gasteiger partial charge in [0.05, 0.1) is 11.0 Å². The second kappa shape index (κ2) is 7.52. The molecule has 0 bridgehead atoms. The summed E-state index contributed by atoms with van der Waals surface area (Å²) in [5.41, 5.74) is 2.34. The summed E-state index contributed by atoms with van der Waals surface area (Å²) in [7, 11) is 0. The normalized spacial score (nSPS) is 20.2. The van der Waals surface area contributed by atoms with Gasteiger partial charge in [-0.25, -0.2) is 14.8 Å². The minimum atomic E-state index is -1.16. The van der Waals surface area contributed by atoms with Gasteiger partial charge in [-0.05, 0) is 31.9 Å². The molecule has 10 heteroatoms. The lowest BCUT2D eigenvalue weighted by atomic mass is 9.87. The summed E-state index contributed by atoms with van der Waals surface area (Å²) < 4.78 is 0. The highest BCUT2D eigenvalue weighted by Gasteiger charge is 2.53. The monoisotopic (exact) mass is 426 g/mol. The van der Waals surface area contributed by atoms with E-state index >= 15 is 0 Å². The number of thioether (sulfide) groups is 1. The average molecular weight is 426 g/mol. The average Bonchev–Trinajstić information content (AvgIpc) is 2.90. The molecule has 1 amide bonds. The number of β-lactam (4-membered cyclic amide) rings is 1. The van der Waals surface area contributed by atoms with E-state index < -0.39 is 10.9 Å². The van der Waals surface area contributed by atoms with Gasteiger partial charge in [0.15, 0.2) is 5.16 Å². The lowest BCUT2D eigenvalue weighted by molar-refractivity contribution is -0.384. The van der Waals surface area contributed by atoms with Crippen molar-refractivity contribution in [3.63, 3.8) is 0 Å². The van der Waals surface area contributed by atoms with E-state index in [0.29, 0.717) is 16.5 Å². The number of amides is 1. The van der Waals surface area contributed by atoms with Crippen LogP contribution in [0.4, 0.5) is 5.69 Å². The highest BCUT2D eigenvalue weighted by Crippen LogP contribution is 2.49. The van der Waals surface area contributed by atoms with Crippen molar-refractivity contribution in [2.24, 2.45) is 5.92 Å². The van der Waals surface area contributed by atoms with Crippen LogP contribution in [-0.4, -0.2) is 42.8 Å². The predicted octanol–water partition coefficient (Wildman–Crippen LogP) is 2.86. The minimum Gasteiger partial charge on any atom is -0.477 e. The van der Waals surface area contributed by atoms with Crippen LogP contribution in [0.15, 0.2) is 46.1 Å². The Morgan fingerprint density at radius 2 is 1.90 bits per heavy atom. The van der Waals surface area contributed by atoms with Gasteiger partial charge in [0, 0.05) is 40.8 Å². The maximum Gasteiger partial charge on any atom is 0.353 e. The molecule has 3 heterocycles. The molecule has 0 aliphatic carbocycles. The van der Waals surface area contributed by atoms with Crippen molar-refractivity contribution in [1.29, 1.82) is 0 Å². The fraction of sp³-hybridized carbons (Fsp3) is 0.300. The zero-order valence-corrected chi connectivity index (χ0v) is 17.0. The molecule has 4 rings (SSSR count). The Hall–Kier alpha value is -3.27. The van der Waals surface area contributed by atoms with Crippen molar-refractivity contribution < 1.29 is 19.6 Å². The van der Waals surface area contributed by atoms with Crippen molar-refractivity contribution >= 4 is 29.3 Å². The van der Waals surface area contributed by atoms with Gasteiger partial charge in [0.2, 0.25) is 5.91 Å². The van der Waals surface area contributed by atoms with Crippen molar-refractivity contribution in [2.45, 2.75) is 37.9 Å². The number of nitrogens with zero attached hydrogens (tertiary/aromatic N) is 4. The van der Waals surface area contributed by atoms with E-state index in [1.807, 2.05) is 19.9 Å². The topological polar surface area (TPSA) is 127 Å². The number of fused-ring (bicyclic) bond motifs is 1. The highest BCUT2D eigenvalue weighted by atomic mass is 32.2. The molecule has 1 aromatic heterocycles. The van der Waals surface area contributed by atoms with Crippen LogP contribution < -0.4 is 0 Å². The molecule has 1 aromatic carbocycles. The Bertz CT molecular complexity index is 1080. The number of nitro benzene ring substituents is 1. The molecule has 2 aromatic rings. The van der Waals surface area contributed by atoms with Gasteiger partial charge in [0.1, 0.15) is 5.70 Å². The Kier molecular flexibility index (Phi) is 5.02. The molecule has 9 nitrogen and oxygen atoms in total. The number of carboxylic acids is 1. The van der Waals surface area contributed by atoms with E-state index in [1.54, 1.807) is 12.1 Å². The lowest BCUT2D eigenvalue weighted by Crippen LogP contribution is -2.52. The first kappa shape index (κ1) is 20.0. The summed E-state index contributed by atoms with van der Waals surface area (Å²) in [5, 5.41) is 21.1. The number of carbonyl (C=O) groups is 2. The standard InChI is InChI=1S/C20H18N4O5S/c1-10-7-11(2)22-20(21-10)30-18-14(8-12-3-5-13(6-4-12)24(28)29)15-9-16(25)23(15)17(18)19(26)27/h3-7,14-15H,8-9H2,1-2H3,(H,26,27). The number of non-ortho nitro benzene ring substituents is 1. The molecular weight excluding hydrogens is 408 g/mol. The number of hydrogen-bond donors (Lipinski definition) is 1. The van der Waals surface area contributed by atoms with Gasteiger partial charge in [-0.2, -0.15) is 0 Å². The van der Waals surface area contributed by atoms with Crippen LogP contribution in [0, 0.1) is 29.9 Å².